The molecule has 9 heteroatoms. The molecule has 0 atom stereocenters. The molecule has 4 N–H and O–H groups in total. The van der Waals surface area contributed by atoms with E-state index in [-0.39, 0.29) is 24.8 Å². The van der Waals surface area contributed by atoms with E-state index < -0.39 is 0 Å². The number of primary amides is 1. The quantitative estimate of drug-likeness (QED) is 0.262. The summed E-state index contributed by atoms with van der Waals surface area (Å²) < 4.78 is 19.1. The number of ether oxygens (including phenoxy) is 1. The third kappa shape index (κ3) is 7.69. The zero-order valence-electron chi connectivity index (χ0n) is 19.7. The maximum atomic E-state index is 13.4. The minimum atomic E-state index is -0.361. The van der Waals surface area contributed by atoms with E-state index in [1.54, 1.807) is 36.5 Å². The van der Waals surface area contributed by atoms with Crippen molar-refractivity contribution in [1.82, 2.24) is 9.97 Å². The number of halogens is 2. The highest BCUT2D eigenvalue weighted by molar-refractivity contribution is 6.32. The maximum absolute atomic E-state index is 13.4. The summed E-state index contributed by atoms with van der Waals surface area (Å²) in [5.74, 6) is 6.51. The minimum absolute atomic E-state index is 0.192. The van der Waals surface area contributed by atoms with Crippen LogP contribution in [0.2, 0.25) is 5.02 Å². The number of carbonyl (C=O) groups excluding carboxylic acids is 1. The average Bonchev–Trinajstić information content (AvgIpc) is 2.88. The summed E-state index contributed by atoms with van der Waals surface area (Å²) in [5, 5.41) is 6.75. The second-order valence-electron chi connectivity index (χ2n) is 7.95. The highest BCUT2D eigenvalue weighted by atomic mass is 35.5. The standard InChI is InChI=1S/C28H23ClFN5O2/c29-25-15-24(9-10-26(25)37-17-20-4-1-5-22(30)13-20)35-28-21(16-32-18-34-28)8-7-19-3-2-6-23(14-19)33-12-11-27(31)36/h1-6,9-10,13-16,18,33H,11-12,17H2,(H2,31,36)(H,32,34,35). The molecule has 1 heterocycles. The van der Waals surface area contributed by atoms with Crippen molar-refractivity contribution in [3.8, 4) is 17.6 Å². The van der Waals surface area contributed by atoms with Crippen LogP contribution in [0.15, 0.2) is 79.3 Å². The number of hydrogen-bond acceptors (Lipinski definition) is 6. The van der Waals surface area contributed by atoms with Crippen LogP contribution >= 0.6 is 11.6 Å². The zero-order valence-corrected chi connectivity index (χ0v) is 20.4. The van der Waals surface area contributed by atoms with E-state index in [0.29, 0.717) is 39.9 Å². The number of hydrogen-bond donors (Lipinski definition) is 3. The summed E-state index contributed by atoms with van der Waals surface area (Å²) >= 11 is 6.41. The highest BCUT2D eigenvalue weighted by Crippen LogP contribution is 2.30. The Bertz CT molecular complexity index is 1470. The lowest BCUT2D eigenvalue weighted by Crippen LogP contribution is -2.15. The van der Waals surface area contributed by atoms with Crippen molar-refractivity contribution in [2.75, 3.05) is 17.2 Å². The number of amides is 1. The zero-order chi connectivity index (χ0) is 26.0. The van der Waals surface area contributed by atoms with Crippen molar-refractivity contribution < 1.29 is 13.9 Å². The first-order valence-electron chi connectivity index (χ1n) is 11.3. The van der Waals surface area contributed by atoms with Gasteiger partial charge < -0.3 is 21.1 Å². The molecule has 0 fully saturated rings. The van der Waals surface area contributed by atoms with Crippen LogP contribution in [0.3, 0.4) is 0 Å². The number of rotatable bonds is 9. The average molecular weight is 516 g/mol. The first-order chi connectivity index (χ1) is 18.0. The summed E-state index contributed by atoms with van der Waals surface area (Å²) in [5.41, 5.74) is 8.78. The largest absolute Gasteiger partial charge is 0.487 e. The molecule has 0 aliphatic heterocycles. The Morgan fingerprint density at radius 2 is 1.92 bits per heavy atom. The molecule has 3 aromatic carbocycles. The molecule has 0 saturated heterocycles. The van der Waals surface area contributed by atoms with Crippen LogP contribution in [0.25, 0.3) is 0 Å². The van der Waals surface area contributed by atoms with E-state index in [9.17, 15) is 9.18 Å². The SMILES string of the molecule is NC(=O)CCNc1cccc(C#Cc2cncnc2Nc2ccc(OCc3cccc(F)c3)c(Cl)c2)c1. The van der Waals surface area contributed by atoms with Gasteiger partial charge in [-0.2, -0.15) is 0 Å². The second-order valence-corrected chi connectivity index (χ2v) is 8.35. The van der Waals surface area contributed by atoms with Crippen LogP contribution in [0, 0.1) is 17.7 Å². The Morgan fingerprint density at radius 3 is 2.73 bits per heavy atom. The van der Waals surface area contributed by atoms with Gasteiger partial charge in [0.2, 0.25) is 5.91 Å². The van der Waals surface area contributed by atoms with Gasteiger partial charge in [0, 0.05) is 36.1 Å². The van der Waals surface area contributed by atoms with Gasteiger partial charge in [0.25, 0.3) is 0 Å². The molecule has 4 aromatic rings. The summed E-state index contributed by atoms with van der Waals surface area (Å²) in [6.07, 6.45) is 3.29. The van der Waals surface area contributed by atoms with E-state index in [1.807, 2.05) is 24.3 Å². The first kappa shape index (κ1) is 25.5. The summed E-state index contributed by atoms with van der Waals surface area (Å²) in [6.45, 7) is 0.641. The van der Waals surface area contributed by atoms with Crippen molar-refractivity contribution in [1.29, 1.82) is 0 Å². The molecular formula is C28H23ClFN5O2. The monoisotopic (exact) mass is 515 g/mol. The number of benzene rings is 3. The molecule has 7 nitrogen and oxygen atoms in total. The normalized spacial score (nSPS) is 10.2. The molecule has 4 rings (SSSR count). The Kier molecular flexibility index (Phi) is 8.53. The molecule has 0 saturated carbocycles. The number of carbonyl (C=O) groups is 1. The number of nitrogens with zero attached hydrogens (tertiary/aromatic N) is 2. The molecule has 1 amide bonds. The van der Waals surface area contributed by atoms with Crippen molar-refractivity contribution in [2.45, 2.75) is 13.0 Å². The van der Waals surface area contributed by atoms with E-state index in [2.05, 4.69) is 32.4 Å². The lowest BCUT2D eigenvalue weighted by Gasteiger charge is -2.11. The summed E-state index contributed by atoms with van der Waals surface area (Å²) in [6, 6.07) is 19.0. The van der Waals surface area contributed by atoms with Crippen molar-refractivity contribution in [2.24, 2.45) is 5.73 Å². The van der Waals surface area contributed by atoms with Crippen LogP contribution in [0.5, 0.6) is 5.75 Å². The van der Waals surface area contributed by atoms with Gasteiger partial charge in [-0.15, -0.1) is 0 Å². The molecule has 186 valence electrons. The fourth-order valence-corrected chi connectivity index (χ4v) is 3.55. The predicted octanol–water partition coefficient (Wildman–Crippen LogP) is 5.28. The van der Waals surface area contributed by atoms with Crippen LogP contribution in [0.1, 0.15) is 23.1 Å². The van der Waals surface area contributed by atoms with E-state index in [4.69, 9.17) is 22.1 Å². The van der Waals surface area contributed by atoms with Gasteiger partial charge in [0.1, 0.15) is 30.3 Å². The lowest BCUT2D eigenvalue weighted by molar-refractivity contribution is -0.117. The van der Waals surface area contributed by atoms with E-state index in [1.165, 1.54) is 18.5 Å². The number of aromatic nitrogens is 2. The van der Waals surface area contributed by atoms with Gasteiger partial charge in [-0.3, -0.25) is 4.79 Å². The van der Waals surface area contributed by atoms with Crippen molar-refractivity contribution in [3.63, 3.8) is 0 Å². The molecule has 0 bridgehead atoms. The summed E-state index contributed by atoms with van der Waals surface area (Å²) in [4.78, 5) is 19.3. The topological polar surface area (TPSA) is 102 Å². The molecule has 37 heavy (non-hydrogen) atoms. The Balaban J connectivity index is 1.44. The molecule has 0 aliphatic rings. The molecule has 1 aromatic heterocycles. The Labute approximate surface area is 218 Å². The first-order valence-corrected chi connectivity index (χ1v) is 11.7. The van der Waals surface area contributed by atoms with E-state index >= 15 is 0 Å². The highest BCUT2D eigenvalue weighted by Gasteiger charge is 2.07. The van der Waals surface area contributed by atoms with Gasteiger partial charge in [-0.05, 0) is 54.1 Å². The molecule has 0 radical (unpaired) electrons. The van der Waals surface area contributed by atoms with Crippen LogP contribution in [-0.2, 0) is 11.4 Å². The number of nitrogens with one attached hydrogen (secondary N) is 2. The fourth-order valence-electron chi connectivity index (χ4n) is 3.32. The number of nitrogens with two attached hydrogens (primary N) is 1. The maximum Gasteiger partial charge on any atom is 0.219 e. The molecular weight excluding hydrogens is 493 g/mol. The smallest absolute Gasteiger partial charge is 0.219 e. The van der Waals surface area contributed by atoms with E-state index in [0.717, 1.165) is 11.3 Å². The van der Waals surface area contributed by atoms with Crippen LogP contribution in [-0.4, -0.2) is 22.4 Å². The summed E-state index contributed by atoms with van der Waals surface area (Å²) in [7, 11) is 0. The second kappa shape index (κ2) is 12.4. The van der Waals surface area contributed by atoms with Crippen LogP contribution in [0.4, 0.5) is 21.6 Å². The fraction of sp³-hybridized carbons (Fsp3) is 0.107. The van der Waals surface area contributed by atoms with Gasteiger partial charge >= 0.3 is 0 Å². The predicted molar refractivity (Wildman–Crippen MR) is 142 cm³/mol. The van der Waals surface area contributed by atoms with Gasteiger partial charge in [0.05, 0.1) is 10.6 Å². The third-order valence-electron chi connectivity index (χ3n) is 5.09. The van der Waals surface area contributed by atoms with Crippen molar-refractivity contribution in [3.05, 3.63) is 107 Å². The number of anilines is 3. The molecule has 0 unspecified atom stereocenters. The lowest BCUT2D eigenvalue weighted by atomic mass is 10.2. The minimum Gasteiger partial charge on any atom is -0.487 e. The Morgan fingerprint density at radius 1 is 1.05 bits per heavy atom. The van der Waals surface area contributed by atoms with Gasteiger partial charge in [0.15, 0.2) is 0 Å². The van der Waals surface area contributed by atoms with Crippen molar-refractivity contribution >= 4 is 34.7 Å². The molecule has 0 aliphatic carbocycles. The van der Waals surface area contributed by atoms with Gasteiger partial charge in [-0.25, -0.2) is 14.4 Å². The van der Waals surface area contributed by atoms with Gasteiger partial charge in [-0.1, -0.05) is 41.6 Å². The van der Waals surface area contributed by atoms with Crippen LogP contribution < -0.4 is 21.1 Å². The third-order valence-corrected chi connectivity index (χ3v) is 5.39. The molecule has 0 spiro atoms. The Hall–Kier alpha value is -4.61.